The normalized spacial score (nSPS) is 14.3. The Hall–Kier alpha value is -1.34. The highest BCUT2D eigenvalue weighted by atomic mass is 32.2. The fraction of sp³-hybridized carbons (Fsp3) is 0.385. The van der Waals surface area contributed by atoms with Gasteiger partial charge in [0.2, 0.25) is 0 Å². The van der Waals surface area contributed by atoms with Crippen molar-refractivity contribution in [3.05, 3.63) is 24.3 Å². The van der Waals surface area contributed by atoms with Crippen LogP contribution in [0.1, 0.15) is 6.92 Å². The number of rotatable bonds is 6. The summed E-state index contributed by atoms with van der Waals surface area (Å²) in [4.78, 5) is 15.2. The number of hydrogen-bond donors (Lipinski definition) is 1. The van der Waals surface area contributed by atoms with Crippen molar-refractivity contribution < 1.29 is 14.1 Å². The lowest BCUT2D eigenvalue weighted by atomic mass is 10.3. The topological polar surface area (TPSA) is 72.2 Å². The van der Waals surface area contributed by atoms with Gasteiger partial charge in [0.15, 0.2) is 5.16 Å². The van der Waals surface area contributed by atoms with Gasteiger partial charge in [-0.05, 0) is 19.1 Å². The molecular formula is C13H16N2O3S2. The minimum absolute atomic E-state index is 0.0169. The van der Waals surface area contributed by atoms with Crippen LogP contribution in [0.15, 0.2) is 29.4 Å². The van der Waals surface area contributed by atoms with Crippen LogP contribution in [0.4, 0.5) is 0 Å². The molecule has 2 unspecified atom stereocenters. The first-order valence-electron chi connectivity index (χ1n) is 6.11. The molecule has 1 aromatic carbocycles. The van der Waals surface area contributed by atoms with E-state index in [0.717, 1.165) is 11.0 Å². The van der Waals surface area contributed by atoms with Crippen molar-refractivity contribution in [1.82, 2.24) is 9.55 Å². The molecular weight excluding hydrogens is 296 g/mol. The molecule has 7 heteroatoms. The lowest BCUT2D eigenvalue weighted by molar-refractivity contribution is -0.133. The van der Waals surface area contributed by atoms with Gasteiger partial charge in [-0.1, -0.05) is 23.9 Å². The van der Waals surface area contributed by atoms with E-state index in [0.29, 0.717) is 11.7 Å². The molecule has 0 bridgehead atoms. The Bertz CT molecular complexity index is 654. The van der Waals surface area contributed by atoms with Crippen molar-refractivity contribution in [3.63, 3.8) is 0 Å². The molecule has 0 spiro atoms. The molecule has 0 fully saturated rings. The number of hydrogen-bond acceptors (Lipinski definition) is 4. The van der Waals surface area contributed by atoms with E-state index in [-0.39, 0.29) is 11.0 Å². The van der Waals surface area contributed by atoms with E-state index < -0.39 is 16.8 Å². The van der Waals surface area contributed by atoms with E-state index in [1.807, 2.05) is 35.8 Å². The molecule has 0 saturated carbocycles. The molecule has 0 amide bonds. The molecule has 2 aromatic rings. The van der Waals surface area contributed by atoms with Crippen LogP contribution in [0.5, 0.6) is 0 Å². The van der Waals surface area contributed by atoms with Crippen LogP contribution in [-0.4, -0.2) is 42.1 Å². The van der Waals surface area contributed by atoms with Gasteiger partial charge in [0, 0.05) is 28.9 Å². The Morgan fingerprint density at radius 2 is 2.20 bits per heavy atom. The van der Waals surface area contributed by atoms with Gasteiger partial charge in [-0.15, -0.1) is 0 Å². The van der Waals surface area contributed by atoms with Crippen molar-refractivity contribution in [2.24, 2.45) is 0 Å². The predicted octanol–water partition coefficient (Wildman–Crippen LogP) is 1.98. The number of para-hydroxylation sites is 2. The molecule has 1 aromatic heterocycles. The van der Waals surface area contributed by atoms with Gasteiger partial charge in [-0.2, -0.15) is 0 Å². The van der Waals surface area contributed by atoms with Crippen LogP contribution in [0.3, 0.4) is 0 Å². The number of aliphatic carboxylic acids is 1. The summed E-state index contributed by atoms with van der Waals surface area (Å²) in [5.74, 6) is -0.909. The monoisotopic (exact) mass is 312 g/mol. The molecule has 0 aliphatic carbocycles. The summed E-state index contributed by atoms with van der Waals surface area (Å²) < 4.78 is 13.5. The van der Waals surface area contributed by atoms with Crippen molar-refractivity contribution in [3.8, 4) is 0 Å². The van der Waals surface area contributed by atoms with E-state index in [1.54, 1.807) is 6.26 Å². The van der Waals surface area contributed by atoms with E-state index in [4.69, 9.17) is 5.11 Å². The van der Waals surface area contributed by atoms with Crippen molar-refractivity contribution in [2.75, 3.05) is 12.0 Å². The van der Waals surface area contributed by atoms with E-state index >= 15 is 0 Å². The number of benzene rings is 1. The summed E-state index contributed by atoms with van der Waals surface area (Å²) in [6, 6.07) is 7.65. The maximum absolute atomic E-state index is 11.6. The number of imidazole rings is 1. The fourth-order valence-electron chi connectivity index (χ4n) is 1.83. The number of carboxylic acids is 1. The summed E-state index contributed by atoms with van der Waals surface area (Å²) in [6.07, 6.45) is 1.67. The first-order chi connectivity index (χ1) is 9.49. The van der Waals surface area contributed by atoms with Crippen LogP contribution in [0.25, 0.3) is 11.0 Å². The summed E-state index contributed by atoms with van der Waals surface area (Å²) in [6.45, 7) is 2.47. The highest BCUT2D eigenvalue weighted by Crippen LogP contribution is 2.24. The summed E-state index contributed by atoms with van der Waals surface area (Å²) in [7, 11) is -0.933. The van der Waals surface area contributed by atoms with Crippen LogP contribution in [0, 0.1) is 0 Å². The minimum Gasteiger partial charge on any atom is -0.481 e. The molecule has 0 radical (unpaired) electrons. The van der Waals surface area contributed by atoms with Gasteiger partial charge in [0.05, 0.1) is 16.8 Å². The predicted molar refractivity (Wildman–Crippen MR) is 81.6 cm³/mol. The largest absolute Gasteiger partial charge is 0.481 e. The third-order valence-electron chi connectivity index (χ3n) is 2.95. The number of carbonyl (C=O) groups is 1. The first kappa shape index (κ1) is 15.1. The molecule has 0 aliphatic rings. The van der Waals surface area contributed by atoms with Gasteiger partial charge in [0.1, 0.15) is 0 Å². The van der Waals surface area contributed by atoms with Crippen LogP contribution >= 0.6 is 11.8 Å². The fourth-order valence-corrected chi connectivity index (χ4v) is 2.93. The molecule has 1 N–H and O–H groups in total. The molecule has 1 heterocycles. The molecule has 5 nitrogen and oxygen atoms in total. The molecule has 0 aliphatic heterocycles. The highest BCUT2D eigenvalue weighted by molar-refractivity contribution is 7.99. The smallest absolute Gasteiger partial charge is 0.313 e. The molecule has 108 valence electrons. The lowest BCUT2D eigenvalue weighted by Gasteiger charge is -2.12. The Kier molecular flexibility index (Phi) is 4.82. The Balaban J connectivity index is 2.38. The number of nitrogens with zero attached hydrogens (tertiary/aromatic N) is 2. The average molecular weight is 312 g/mol. The van der Waals surface area contributed by atoms with E-state index in [2.05, 4.69) is 4.98 Å². The third kappa shape index (κ3) is 3.40. The molecule has 2 atom stereocenters. The van der Waals surface area contributed by atoms with Gasteiger partial charge in [0.25, 0.3) is 0 Å². The molecule has 0 saturated heterocycles. The zero-order valence-electron chi connectivity index (χ0n) is 11.3. The van der Waals surface area contributed by atoms with E-state index in [9.17, 15) is 9.00 Å². The zero-order chi connectivity index (χ0) is 14.7. The van der Waals surface area contributed by atoms with Gasteiger partial charge >= 0.3 is 5.97 Å². The van der Waals surface area contributed by atoms with E-state index in [1.165, 1.54) is 11.8 Å². The van der Waals surface area contributed by atoms with Gasteiger partial charge in [-0.25, -0.2) is 4.98 Å². The Morgan fingerprint density at radius 1 is 1.50 bits per heavy atom. The number of aromatic nitrogens is 2. The Labute approximate surface area is 123 Å². The minimum atomic E-state index is -0.933. The third-order valence-corrected chi connectivity index (χ3v) is 5.19. The average Bonchev–Trinajstić information content (AvgIpc) is 2.74. The SMILES string of the molecule is CC(Cn1c(SCC(=O)O)nc2ccccc21)S(C)=O. The maximum Gasteiger partial charge on any atom is 0.313 e. The van der Waals surface area contributed by atoms with Crippen molar-refractivity contribution in [2.45, 2.75) is 23.9 Å². The van der Waals surface area contributed by atoms with Crippen molar-refractivity contribution in [1.29, 1.82) is 0 Å². The standard InChI is InChI=1S/C13H16N2O3S2/c1-9(20(2)18)7-15-11-6-4-3-5-10(11)14-13(15)19-8-12(16)17/h3-6,9H,7-8H2,1-2H3,(H,16,17). The number of carboxylic acid groups (broad SMARTS) is 1. The quantitative estimate of drug-likeness (QED) is 0.826. The van der Waals surface area contributed by atoms with Crippen LogP contribution < -0.4 is 0 Å². The Morgan fingerprint density at radius 3 is 2.85 bits per heavy atom. The van der Waals surface area contributed by atoms with Gasteiger partial charge in [-0.3, -0.25) is 9.00 Å². The van der Waals surface area contributed by atoms with Crippen LogP contribution in [0.2, 0.25) is 0 Å². The zero-order valence-corrected chi connectivity index (χ0v) is 12.9. The van der Waals surface area contributed by atoms with Crippen LogP contribution in [-0.2, 0) is 22.1 Å². The second-order valence-corrected chi connectivity index (χ2v) is 7.23. The number of fused-ring (bicyclic) bond motifs is 1. The summed E-state index contributed by atoms with van der Waals surface area (Å²) in [5.41, 5.74) is 1.77. The van der Waals surface area contributed by atoms with Crippen molar-refractivity contribution >= 4 is 39.6 Å². The first-order valence-corrected chi connectivity index (χ1v) is 8.72. The molecule has 2 rings (SSSR count). The second-order valence-electron chi connectivity index (χ2n) is 4.49. The lowest BCUT2D eigenvalue weighted by Crippen LogP contribution is -2.18. The highest BCUT2D eigenvalue weighted by Gasteiger charge is 2.16. The number of thioether (sulfide) groups is 1. The molecule has 20 heavy (non-hydrogen) atoms. The maximum atomic E-state index is 11.6. The second kappa shape index (κ2) is 6.41. The summed E-state index contributed by atoms with van der Waals surface area (Å²) >= 11 is 1.19. The summed E-state index contributed by atoms with van der Waals surface area (Å²) in [5, 5.41) is 9.45. The van der Waals surface area contributed by atoms with Gasteiger partial charge < -0.3 is 9.67 Å².